The van der Waals surface area contributed by atoms with Crippen molar-refractivity contribution in [2.45, 2.75) is 39.4 Å². The van der Waals surface area contributed by atoms with E-state index in [1.165, 1.54) is 0 Å². The molecule has 1 aliphatic rings. The maximum Gasteiger partial charge on any atom is 0.268 e. The van der Waals surface area contributed by atoms with Gasteiger partial charge >= 0.3 is 0 Å². The van der Waals surface area contributed by atoms with E-state index in [0.29, 0.717) is 6.04 Å². The van der Waals surface area contributed by atoms with Gasteiger partial charge in [-0.2, -0.15) is 0 Å². The molecule has 13 heavy (non-hydrogen) atoms. The highest BCUT2D eigenvalue weighted by Crippen LogP contribution is 2.30. The zero-order valence-corrected chi connectivity index (χ0v) is 8.22. The Balaban J connectivity index is 2.39. The van der Waals surface area contributed by atoms with Crippen LogP contribution in [0.2, 0.25) is 0 Å². The average molecular weight is 181 g/mol. The van der Waals surface area contributed by atoms with E-state index in [2.05, 4.69) is 35.9 Å². The monoisotopic (exact) mass is 181 g/mol. The van der Waals surface area contributed by atoms with Crippen LogP contribution in [0.1, 0.15) is 38.1 Å². The molecule has 0 fully saturated rings. The average Bonchev–Trinajstić information content (AvgIpc) is 2.55. The van der Waals surface area contributed by atoms with Crippen molar-refractivity contribution in [3.05, 3.63) is 21.6 Å². The number of hydrogen-bond acceptors (Lipinski definition) is 2. The second kappa shape index (κ2) is 2.73. The SMILES string of the molecule is CC(C)N1Cc2[nH][nH]c(=O)c2C1C. The van der Waals surface area contributed by atoms with Gasteiger partial charge in [0.25, 0.3) is 5.56 Å². The van der Waals surface area contributed by atoms with Gasteiger partial charge in [0.15, 0.2) is 0 Å². The van der Waals surface area contributed by atoms with Crippen LogP contribution in [0.3, 0.4) is 0 Å². The van der Waals surface area contributed by atoms with Gasteiger partial charge in [0.1, 0.15) is 0 Å². The van der Waals surface area contributed by atoms with Crippen LogP contribution in [-0.2, 0) is 6.54 Å². The smallest absolute Gasteiger partial charge is 0.268 e. The van der Waals surface area contributed by atoms with Gasteiger partial charge in [0.2, 0.25) is 0 Å². The van der Waals surface area contributed by atoms with Gasteiger partial charge in [-0.15, -0.1) is 0 Å². The predicted octanol–water partition coefficient (Wildman–Crippen LogP) is 0.988. The molecule has 2 N–H and O–H groups in total. The van der Waals surface area contributed by atoms with E-state index >= 15 is 0 Å². The lowest BCUT2D eigenvalue weighted by atomic mass is 10.1. The lowest BCUT2D eigenvalue weighted by molar-refractivity contribution is 0.177. The van der Waals surface area contributed by atoms with Crippen molar-refractivity contribution in [2.24, 2.45) is 0 Å². The molecule has 2 heterocycles. The summed E-state index contributed by atoms with van der Waals surface area (Å²) in [5, 5.41) is 5.54. The van der Waals surface area contributed by atoms with Crippen LogP contribution in [0.4, 0.5) is 0 Å². The molecule has 0 spiro atoms. The maximum atomic E-state index is 11.4. The van der Waals surface area contributed by atoms with Crippen LogP contribution in [0.25, 0.3) is 0 Å². The number of nitrogens with one attached hydrogen (secondary N) is 2. The summed E-state index contributed by atoms with van der Waals surface area (Å²) in [6, 6.07) is 0.722. The number of fused-ring (bicyclic) bond motifs is 1. The van der Waals surface area contributed by atoms with Crippen LogP contribution in [0, 0.1) is 0 Å². The third kappa shape index (κ3) is 1.13. The predicted molar refractivity (Wildman–Crippen MR) is 50.5 cm³/mol. The molecule has 0 amide bonds. The number of rotatable bonds is 1. The Labute approximate surface area is 76.9 Å². The molecular formula is C9H15N3O. The Morgan fingerprint density at radius 3 is 2.69 bits per heavy atom. The van der Waals surface area contributed by atoms with E-state index in [1.807, 2.05) is 0 Å². The molecule has 1 aromatic rings. The van der Waals surface area contributed by atoms with Crippen LogP contribution in [-0.4, -0.2) is 21.1 Å². The summed E-state index contributed by atoms with van der Waals surface area (Å²) in [6.07, 6.45) is 0. The fourth-order valence-corrected chi connectivity index (χ4v) is 2.09. The lowest BCUT2D eigenvalue weighted by Gasteiger charge is -2.25. The topological polar surface area (TPSA) is 51.9 Å². The van der Waals surface area contributed by atoms with Crippen molar-refractivity contribution in [1.82, 2.24) is 15.1 Å². The van der Waals surface area contributed by atoms with Gasteiger partial charge < -0.3 is 5.10 Å². The van der Waals surface area contributed by atoms with Crippen molar-refractivity contribution in [3.8, 4) is 0 Å². The molecule has 0 saturated heterocycles. The minimum Gasteiger partial charge on any atom is -0.301 e. The Bertz CT molecular complexity index is 363. The first-order chi connectivity index (χ1) is 6.11. The Hall–Kier alpha value is -1.03. The summed E-state index contributed by atoms with van der Waals surface area (Å²) in [6.45, 7) is 7.23. The molecule has 1 atom stereocenters. The Morgan fingerprint density at radius 2 is 2.15 bits per heavy atom. The van der Waals surface area contributed by atoms with E-state index in [4.69, 9.17) is 0 Å². The number of aromatic nitrogens is 2. The largest absolute Gasteiger partial charge is 0.301 e. The molecule has 72 valence electrons. The molecule has 0 bridgehead atoms. The first-order valence-electron chi connectivity index (χ1n) is 4.66. The second-order valence-electron chi connectivity index (χ2n) is 3.91. The van der Waals surface area contributed by atoms with Gasteiger partial charge in [0.05, 0.1) is 11.3 Å². The standard InChI is InChI=1S/C9H15N3O/c1-5(2)12-4-7-8(6(12)3)9(13)11-10-7/h5-6H,4H2,1-3H3,(H2,10,11,13). The van der Waals surface area contributed by atoms with Crippen molar-refractivity contribution in [1.29, 1.82) is 0 Å². The third-order valence-corrected chi connectivity index (χ3v) is 2.82. The maximum absolute atomic E-state index is 11.4. The summed E-state index contributed by atoms with van der Waals surface area (Å²) < 4.78 is 0. The van der Waals surface area contributed by atoms with Gasteiger partial charge in [-0.25, -0.2) is 0 Å². The molecule has 1 aromatic heterocycles. The highest BCUT2D eigenvalue weighted by Gasteiger charge is 2.31. The first-order valence-corrected chi connectivity index (χ1v) is 4.66. The van der Waals surface area contributed by atoms with E-state index in [1.54, 1.807) is 0 Å². The third-order valence-electron chi connectivity index (χ3n) is 2.82. The normalized spacial score (nSPS) is 22.6. The molecule has 2 rings (SSSR count). The molecule has 1 unspecified atom stereocenters. The Kier molecular flexibility index (Phi) is 1.80. The van der Waals surface area contributed by atoms with E-state index < -0.39 is 0 Å². The fraction of sp³-hybridized carbons (Fsp3) is 0.667. The summed E-state index contributed by atoms with van der Waals surface area (Å²) in [5.74, 6) is 0. The summed E-state index contributed by atoms with van der Waals surface area (Å²) in [4.78, 5) is 13.7. The van der Waals surface area contributed by atoms with Crippen molar-refractivity contribution >= 4 is 0 Å². The molecule has 0 saturated carbocycles. The minimum atomic E-state index is 0.0330. The lowest BCUT2D eigenvalue weighted by Crippen LogP contribution is -2.29. The van der Waals surface area contributed by atoms with Gasteiger partial charge in [-0.05, 0) is 20.8 Å². The second-order valence-corrected chi connectivity index (χ2v) is 3.91. The van der Waals surface area contributed by atoms with Gasteiger partial charge in [-0.3, -0.25) is 14.8 Å². The van der Waals surface area contributed by atoms with Crippen molar-refractivity contribution < 1.29 is 0 Å². The number of H-pyrrole nitrogens is 2. The molecule has 4 heteroatoms. The van der Waals surface area contributed by atoms with Crippen LogP contribution < -0.4 is 5.56 Å². The summed E-state index contributed by atoms with van der Waals surface area (Å²) in [5.41, 5.74) is 1.99. The molecule has 4 nitrogen and oxygen atoms in total. The van der Waals surface area contributed by atoms with Gasteiger partial charge in [0, 0.05) is 18.6 Å². The number of nitrogens with zero attached hydrogens (tertiary/aromatic N) is 1. The molecule has 0 aromatic carbocycles. The highest BCUT2D eigenvalue weighted by atomic mass is 16.1. The van der Waals surface area contributed by atoms with Crippen molar-refractivity contribution in [3.63, 3.8) is 0 Å². The Morgan fingerprint density at radius 1 is 1.46 bits per heavy atom. The quantitative estimate of drug-likeness (QED) is 0.678. The molecule has 0 aliphatic carbocycles. The molecule has 1 aliphatic heterocycles. The van der Waals surface area contributed by atoms with E-state index in [9.17, 15) is 4.79 Å². The van der Waals surface area contributed by atoms with Crippen LogP contribution in [0.15, 0.2) is 4.79 Å². The minimum absolute atomic E-state index is 0.0330. The molecule has 0 radical (unpaired) electrons. The number of hydrogen-bond donors (Lipinski definition) is 2. The summed E-state index contributed by atoms with van der Waals surface area (Å²) >= 11 is 0. The zero-order valence-electron chi connectivity index (χ0n) is 8.22. The van der Waals surface area contributed by atoms with Crippen LogP contribution in [0.5, 0.6) is 0 Å². The first kappa shape index (κ1) is 8.56. The summed E-state index contributed by atoms with van der Waals surface area (Å²) in [7, 11) is 0. The fourth-order valence-electron chi connectivity index (χ4n) is 2.09. The number of aromatic amines is 2. The molecular weight excluding hydrogens is 166 g/mol. The van der Waals surface area contributed by atoms with E-state index in [0.717, 1.165) is 17.8 Å². The van der Waals surface area contributed by atoms with Gasteiger partial charge in [-0.1, -0.05) is 0 Å². The zero-order chi connectivity index (χ0) is 9.59. The van der Waals surface area contributed by atoms with Crippen molar-refractivity contribution in [2.75, 3.05) is 0 Å². The van der Waals surface area contributed by atoms with E-state index in [-0.39, 0.29) is 11.6 Å². The van der Waals surface area contributed by atoms with Crippen LogP contribution >= 0.6 is 0 Å². The highest BCUT2D eigenvalue weighted by molar-refractivity contribution is 5.25.